The molecule has 3 saturated carbocycles. The monoisotopic (exact) mass is 541 g/mol. The van der Waals surface area contributed by atoms with Gasteiger partial charge in [0.2, 0.25) is 5.91 Å². The number of allylic oxidation sites excluding steroid dienone is 2. The van der Waals surface area contributed by atoms with Crippen LogP contribution in [0.4, 0.5) is 0 Å². The molecule has 4 N–H and O–H groups in total. The van der Waals surface area contributed by atoms with Crippen molar-refractivity contribution in [2.75, 3.05) is 13.2 Å². The van der Waals surface area contributed by atoms with Gasteiger partial charge in [-0.15, -0.1) is 6.42 Å². The first-order valence-corrected chi connectivity index (χ1v) is 14.2. The summed E-state index contributed by atoms with van der Waals surface area (Å²) in [4.78, 5) is 40.6. The van der Waals surface area contributed by atoms with Crippen LogP contribution in [0, 0.1) is 46.8 Å². The van der Waals surface area contributed by atoms with Gasteiger partial charge in [0.25, 0.3) is 5.91 Å². The maximum Gasteiger partial charge on any atom is 0.326 e. The third-order valence-corrected chi connectivity index (χ3v) is 10.4. The lowest BCUT2D eigenvalue weighted by atomic mass is 9.46. The van der Waals surface area contributed by atoms with Crippen LogP contribution < -0.4 is 10.6 Å². The number of aliphatic carboxylic acids is 1. The molecule has 4 aliphatic rings. The van der Waals surface area contributed by atoms with Gasteiger partial charge in [0.05, 0.1) is 12.3 Å². The lowest BCUT2D eigenvalue weighted by Gasteiger charge is -2.58. The summed E-state index contributed by atoms with van der Waals surface area (Å²) in [6.45, 7) is 7.31. The molecule has 0 radical (unpaired) electrons. The predicted octanol–water partition coefficient (Wildman–Crippen LogP) is 3.03. The van der Waals surface area contributed by atoms with Crippen molar-refractivity contribution in [3.8, 4) is 12.3 Å². The van der Waals surface area contributed by atoms with Crippen LogP contribution in [0.25, 0.3) is 0 Å². The van der Waals surface area contributed by atoms with E-state index >= 15 is 0 Å². The third kappa shape index (κ3) is 5.32. The van der Waals surface area contributed by atoms with Crippen LogP contribution in [0.1, 0.15) is 79.1 Å². The second kappa shape index (κ2) is 11.0. The first kappa shape index (κ1) is 29.1. The van der Waals surface area contributed by atoms with Gasteiger partial charge in [-0.3, -0.25) is 9.59 Å². The first-order chi connectivity index (χ1) is 18.3. The summed E-state index contributed by atoms with van der Waals surface area (Å²) in [5.41, 5.74) is 1.10. The van der Waals surface area contributed by atoms with Gasteiger partial charge in [0.1, 0.15) is 11.6 Å². The predicted molar refractivity (Wildman–Crippen MR) is 146 cm³/mol. The minimum atomic E-state index is -1.12. The number of fused-ring (bicyclic) bond motifs is 5. The van der Waals surface area contributed by atoms with Crippen molar-refractivity contribution in [3.05, 3.63) is 11.6 Å². The minimum absolute atomic E-state index is 0.0919. The molecule has 214 valence electrons. The molecule has 4 rings (SSSR count). The molecule has 39 heavy (non-hydrogen) atoms. The van der Waals surface area contributed by atoms with Gasteiger partial charge < -0.3 is 25.7 Å². The number of carbonyl (C=O) groups is 3. The number of oxime groups is 1. The summed E-state index contributed by atoms with van der Waals surface area (Å²) in [6, 6.07) is -1.01. The third-order valence-electron chi connectivity index (χ3n) is 10.4. The highest BCUT2D eigenvalue weighted by atomic mass is 16.6. The lowest BCUT2D eigenvalue weighted by molar-refractivity contribution is -0.143. The van der Waals surface area contributed by atoms with E-state index in [-0.39, 0.29) is 29.9 Å². The molecule has 7 atom stereocenters. The number of nitrogens with zero attached hydrogens (tertiary/aromatic N) is 1. The number of nitrogens with one attached hydrogen (secondary N) is 2. The molecule has 0 aromatic carbocycles. The van der Waals surface area contributed by atoms with Crippen LogP contribution in [-0.2, 0) is 19.2 Å². The summed E-state index contributed by atoms with van der Waals surface area (Å²) in [5.74, 6) is 1.85. The maximum atomic E-state index is 12.1. The van der Waals surface area contributed by atoms with E-state index in [4.69, 9.17) is 11.3 Å². The molecule has 0 saturated heterocycles. The van der Waals surface area contributed by atoms with Gasteiger partial charge >= 0.3 is 5.97 Å². The number of rotatable bonds is 8. The fraction of sp³-hybridized carbons (Fsp3) is 0.733. The molecule has 4 aliphatic carbocycles. The largest absolute Gasteiger partial charge is 0.480 e. The SMILES string of the molecule is C#C[C@]1(O)CC[C@@H]2[C@@H]3CCC4=CC(=NOCC(=O)NCC(=O)N[C@H](C(=O)O)C(C)C)CC[C@]4(C)[C@@H]3CC[C@@]21C. The first-order valence-electron chi connectivity index (χ1n) is 14.2. The van der Waals surface area contributed by atoms with Gasteiger partial charge in [-0.25, -0.2) is 4.79 Å². The fourth-order valence-corrected chi connectivity index (χ4v) is 8.04. The standard InChI is InChI=1S/C30H43N3O6/c1-6-30(38)14-11-23-21-8-7-19-15-20(9-12-28(19,4)22(21)10-13-29(23,30)5)33-39-17-25(35)31-16-24(34)32-26(18(2)3)27(36)37/h1,15,18,21-23,26,38H,7-14,16-17H2,2-5H3,(H,31,35)(H,32,34)(H,36,37)/t21-,22-,23-,26+,28+,29+,30+/m1/s1. The van der Waals surface area contributed by atoms with Crippen LogP contribution in [0.5, 0.6) is 0 Å². The van der Waals surface area contributed by atoms with E-state index in [2.05, 4.69) is 41.6 Å². The van der Waals surface area contributed by atoms with Gasteiger partial charge in [0, 0.05) is 5.41 Å². The molecular formula is C30H43N3O6. The average Bonchev–Trinajstić information content (AvgIpc) is 3.16. The van der Waals surface area contributed by atoms with Crippen LogP contribution in [-0.4, -0.2) is 58.5 Å². The summed E-state index contributed by atoms with van der Waals surface area (Å²) in [6.07, 6.45) is 15.5. The Balaban J connectivity index is 1.31. The molecule has 2 amide bonds. The Morgan fingerprint density at radius 2 is 1.85 bits per heavy atom. The van der Waals surface area contributed by atoms with Gasteiger partial charge in [-0.1, -0.05) is 44.3 Å². The van der Waals surface area contributed by atoms with E-state index < -0.39 is 29.4 Å². The Hall–Kier alpha value is -2.86. The molecule has 0 heterocycles. The number of terminal acetylenes is 1. The zero-order valence-corrected chi connectivity index (χ0v) is 23.6. The molecule has 0 aromatic heterocycles. The number of aliphatic hydroxyl groups is 1. The normalized spacial score (nSPS) is 37.0. The molecule has 0 bridgehead atoms. The number of hydrogen-bond donors (Lipinski definition) is 4. The van der Waals surface area contributed by atoms with E-state index in [9.17, 15) is 24.6 Å². The smallest absolute Gasteiger partial charge is 0.326 e. The molecule has 9 heteroatoms. The van der Waals surface area contributed by atoms with Gasteiger partial charge in [-0.2, -0.15) is 0 Å². The van der Waals surface area contributed by atoms with Crippen molar-refractivity contribution in [2.45, 2.75) is 90.7 Å². The Morgan fingerprint density at radius 1 is 1.13 bits per heavy atom. The van der Waals surface area contributed by atoms with Crippen molar-refractivity contribution in [3.63, 3.8) is 0 Å². The highest BCUT2D eigenvalue weighted by Gasteiger charge is 2.63. The molecule has 9 nitrogen and oxygen atoms in total. The van der Waals surface area contributed by atoms with Crippen LogP contribution in [0.15, 0.2) is 16.8 Å². The van der Waals surface area contributed by atoms with E-state index in [0.717, 1.165) is 50.7 Å². The second-order valence-electron chi connectivity index (χ2n) is 12.8. The van der Waals surface area contributed by atoms with Crippen molar-refractivity contribution in [2.24, 2.45) is 39.7 Å². The van der Waals surface area contributed by atoms with Crippen molar-refractivity contribution in [1.82, 2.24) is 10.6 Å². The molecule has 3 fully saturated rings. The number of amides is 2. The quantitative estimate of drug-likeness (QED) is 0.275. The highest BCUT2D eigenvalue weighted by molar-refractivity contribution is 5.96. The topological polar surface area (TPSA) is 137 Å². The van der Waals surface area contributed by atoms with Gasteiger partial charge in [0.15, 0.2) is 6.61 Å². The Labute approximate surface area is 231 Å². The molecule has 0 unspecified atom stereocenters. The van der Waals surface area contributed by atoms with Crippen molar-refractivity contribution >= 4 is 23.5 Å². The summed E-state index contributed by atoms with van der Waals surface area (Å²) in [5, 5.41) is 29.4. The number of hydrogen-bond acceptors (Lipinski definition) is 6. The van der Waals surface area contributed by atoms with E-state index in [1.807, 2.05) is 0 Å². The lowest BCUT2D eigenvalue weighted by Crippen LogP contribution is -2.54. The number of carbonyl (C=O) groups excluding carboxylic acids is 2. The Bertz CT molecular complexity index is 1110. The minimum Gasteiger partial charge on any atom is -0.480 e. The van der Waals surface area contributed by atoms with Gasteiger partial charge in [-0.05, 0) is 86.5 Å². The second-order valence-corrected chi connectivity index (χ2v) is 12.8. The Morgan fingerprint density at radius 3 is 2.51 bits per heavy atom. The highest BCUT2D eigenvalue weighted by Crippen LogP contribution is 2.67. The summed E-state index contributed by atoms with van der Waals surface area (Å²) in [7, 11) is 0. The zero-order valence-electron chi connectivity index (χ0n) is 23.6. The summed E-state index contributed by atoms with van der Waals surface area (Å²) < 4.78 is 0. The van der Waals surface area contributed by atoms with Crippen LogP contribution in [0.3, 0.4) is 0 Å². The number of carboxylic acid groups (broad SMARTS) is 1. The number of carboxylic acids is 1. The molecule has 0 spiro atoms. The molecule has 0 aromatic rings. The van der Waals surface area contributed by atoms with Crippen molar-refractivity contribution < 1.29 is 29.4 Å². The van der Waals surface area contributed by atoms with E-state index in [1.165, 1.54) is 5.57 Å². The molecule has 0 aliphatic heterocycles. The van der Waals surface area contributed by atoms with Crippen LogP contribution >= 0.6 is 0 Å². The van der Waals surface area contributed by atoms with Crippen molar-refractivity contribution in [1.29, 1.82) is 0 Å². The van der Waals surface area contributed by atoms with E-state index in [0.29, 0.717) is 24.2 Å². The average molecular weight is 542 g/mol. The van der Waals surface area contributed by atoms with Crippen LogP contribution in [0.2, 0.25) is 0 Å². The molecular weight excluding hydrogens is 498 g/mol. The van der Waals surface area contributed by atoms with E-state index in [1.54, 1.807) is 13.8 Å². The fourth-order valence-electron chi connectivity index (χ4n) is 8.04. The Kier molecular flexibility index (Phi) is 8.18. The maximum absolute atomic E-state index is 12.1. The zero-order chi connectivity index (χ0) is 28.6. The summed E-state index contributed by atoms with van der Waals surface area (Å²) >= 11 is 0.